The monoisotopic (exact) mass is 646 g/mol. The molecule has 5 N–H and O–H groups in total. The van der Waals surface area contributed by atoms with Gasteiger partial charge in [-0.3, -0.25) is 19.8 Å². The van der Waals surface area contributed by atoms with Crippen molar-refractivity contribution < 1.29 is 41.9 Å². The Bertz CT molecular complexity index is 1230. The third-order valence-electron chi connectivity index (χ3n) is 6.56. The van der Waals surface area contributed by atoms with Crippen LogP contribution in [0.3, 0.4) is 0 Å². The number of carbonyl (C=O) groups excluding carboxylic acids is 4. The van der Waals surface area contributed by atoms with Crippen molar-refractivity contribution in [1.29, 1.82) is 0 Å². The maximum atomic E-state index is 13.3. The summed E-state index contributed by atoms with van der Waals surface area (Å²) in [6.45, 7) is 11.9. The molecule has 252 valence electrons. The van der Waals surface area contributed by atoms with Gasteiger partial charge in [-0.15, -0.1) is 0 Å². The minimum Gasteiger partial charge on any atom is -0.446 e. The summed E-state index contributed by atoms with van der Waals surface area (Å²) in [4.78, 5) is 55.4. The predicted molar refractivity (Wildman–Crippen MR) is 163 cm³/mol. The minimum absolute atomic E-state index is 0.000396. The first-order valence-corrected chi connectivity index (χ1v) is 16.6. The van der Waals surface area contributed by atoms with Crippen molar-refractivity contribution in [2.45, 2.75) is 92.1 Å². The smallest absolute Gasteiger partial charge is 0.408 e. The molecule has 1 aromatic rings. The zero-order valence-corrected chi connectivity index (χ0v) is 28.2. The highest BCUT2D eigenvalue weighted by atomic mass is 32.2. The van der Waals surface area contributed by atoms with Crippen LogP contribution in [0.4, 0.5) is 4.79 Å². The second-order valence-corrected chi connectivity index (χ2v) is 14.3. The molecule has 0 aliphatic rings. The molecule has 0 aliphatic carbocycles. The number of aliphatic hydroxyl groups is 1. The first-order valence-electron chi connectivity index (χ1n) is 14.5. The Hall–Kier alpha value is -3.24. The molecule has 5 atom stereocenters. The van der Waals surface area contributed by atoms with Gasteiger partial charge in [-0.1, -0.05) is 34.6 Å². The van der Waals surface area contributed by atoms with Crippen molar-refractivity contribution in [3.8, 4) is 0 Å². The lowest BCUT2D eigenvalue weighted by Crippen LogP contribution is -2.56. The van der Waals surface area contributed by atoms with E-state index in [1.165, 1.54) is 5.01 Å². The lowest BCUT2D eigenvalue weighted by Gasteiger charge is -2.30. The standard InChI is InChI=1S/C28H50N6O9S/c1-15(2)11-20(23(35)12-17(5)25(36)32-24(16(3)4)27(38)33-34(8)9)30-26(37)22(14-44(10,40)41)31-28(39)42-13-21-18(6)43-19(7)29-21/h15-17,20,22-24,35H,11-14H2,1-10H3,(H,30,37)(H,31,39)(H,32,36)(H,33,38)/t17-,20-,22+,23+,24-/m1/s1. The number of hydrogen-bond acceptors (Lipinski definition) is 11. The van der Waals surface area contributed by atoms with Crippen LogP contribution in [0.15, 0.2) is 4.42 Å². The van der Waals surface area contributed by atoms with Crippen LogP contribution in [-0.2, 0) is 35.6 Å². The minimum atomic E-state index is -3.74. The van der Waals surface area contributed by atoms with Crippen molar-refractivity contribution >= 4 is 33.7 Å². The van der Waals surface area contributed by atoms with Crippen LogP contribution >= 0.6 is 0 Å². The first kappa shape index (κ1) is 38.8. The zero-order chi connectivity index (χ0) is 33.9. The van der Waals surface area contributed by atoms with E-state index in [9.17, 15) is 32.7 Å². The van der Waals surface area contributed by atoms with Crippen molar-refractivity contribution in [1.82, 2.24) is 31.4 Å². The number of aromatic nitrogens is 1. The fourth-order valence-electron chi connectivity index (χ4n) is 4.37. The second kappa shape index (κ2) is 17.3. The van der Waals surface area contributed by atoms with E-state index in [1.54, 1.807) is 48.7 Å². The number of oxazole rings is 1. The van der Waals surface area contributed by atoms with Crippen LogP contribution in [-0.4, -0.2) is 97.7 Å². The quantitative estimate of drug-likeness (QED) is 0.148. The molecule has 1 heterocycles. The van der Waals surface area contributed by atoms with Gasteiger partial charge in [-0.25, -0.2) is 23.2 Å². The third kappa shape index (κ3) is 14.0. The van der Waals surface area contributed by atoms with Crippen molar-refractivity contribution in [3.05, 3.63) is 17.3 Å². The number of aliphatic hydroxyl groups excluding tert-OH is 1. The normalized spacial score (nSPS) is 15.3. The molecule has 0 radical (unpaired) electrons. The van der Waals surface area contributed by atoms with E-state index in [1.807, 2.05) is 13.8 Å². The third-order valence-corrected chi connectivity index (χ3v) is 7.50. The summed E-state index contributed by atoms with van der Waals surface area (Å²) in [7, 11) is -0.434. The molecule has 0 aromatic carbocycles. The average Bonchev–Trinajstić information content (AvgIpc) is 3.19. The summed E-state index contributed by atoms with van der Waals surface area (Å²) in [6.07, 6.45) is -1.10. The average molecular weight is 647 g/mol. The SMILES string of the molecule is Cc1nc(COC(=O)N[C@@H](CS(C)(=O)=O)C(=O)N[C@H](CC(C)C)[C@@H](O)C[C@@H](C)C(=O)N[C@@H](C(=O)NN(C)C)C(C)C)c(C)o1. The van der Waals surface area contributed by atoms with Crippen molar-refractivity contribution in [2.24, 2.45) is 17.8 Å². The molecule has 0 saturated heterocycles. The van der Waals surface area contributed by atoms with Crippen molar-refractivity contribution in [2.75, 3.05) is 26.1 Å². The fourth-order valence-corrected chi connectivity index (χ4v) is 5.21. The number of amides is 4. The number of nitrogens with zero attached hydrogens (tertiary/aromatic N) is 2. The maximum Gasteiger partial charge on any atom is 0.408 e. The molecule has 4 amide bonds. The molecule has 0 unspecified atom stereocenters. The summed E-state index contributed by atoms with van der Waals surface area (Å²) in [6, 6.07) is -3.21. The molecule has 0 aliphatic heterocycles. The molecule has 0 saturated carbocycles. The highest BCUT2D eigenvalue weighted by molar-refractivity contribution is 7.90. The largest absolute Gasteiger partial charge is 0.446 e. The predicted octanol–water partition coefficient (Wildman–Crippen LogP) is 0.582. The topological polar surface area (TPSA) is 209 Å². The Morgan fingerprint density at radius 2 is 1.57 bits per heavy atom. The number of nitrogens with one attached hydrogen (secondary N) is 4. The zero-order valence-electron chi connectivity index (χ0n) is 27.4. The molecule has 0 bridgehead atoms. The molecule has 1 aromatic heterocycles. The van der Waals surface area contributed by atoms with Crippen LogP contribution in [0.2, 0.25) is 0 Å². The molecule has 0 spiro atoms. The van der Waals surface area contributed by atoms with Crippen LogP contribution < -0.4 is 21.4 Å². The van der Waals surface area contributed by atoms with Gasteiger partial charge in [0.05, 0.1) is 17.9 Å². The number of hydrazine groups is 1. The van der Waals surface area contributed by atoms with E-state index in [4.69, 9.17) is 9.15 Å². The number of sulfone groups is 1. The second-order valence-electron chi connectivity index (χ2n) is 12.2. The van der Waals surface area contributed by atoms with Gasteiger partial charge >= 0.3 is 6.09 Å². The van der Waals surface area contributed by atoms with E-state index in [-0.39, 0.29) is 30.8 Å². The summed E-state index contributed by atoms with van der Waals surface area (Å²) < 4.78 is 34.6. The molecule has 0 fully saturated rings. The van der Waals surface area contributed by atoms with Crippen molar-refractivity contribution in [3.63, 3.8) is 0 Å². The van der Waals surface area contributed by atoms with Gasteiger partial charge in [-0.2, -0.15) is 0 Å². The van der Waals surface area contributed by atoms with E-state index in [0.29, 0.717) is 23.8 Å². The van der Waals surface area contributed by atoms with Gasteiger partial charge < -0.3 is 30.2 Å². The van der Waals surface area contributed by atoms with Gasteiger partial charge in [0, 0.05) is 33.2 Å². The van der Waals surface area contributed by atoms with Crippen LogP contribution in [0.1, 0.15) is 64.8 Å². The molecular formula is C28H50N6O9S. The number of aryl methyl sites for hydroxylation is 2. The Morgan fingerprint density at radius 1 is 0.955 bits per heavy atom. The number of hydrogen-bond donors (Lipinski definition) is 5. The van der Waals surface area contributed by atoms with Crippen LogP contribution in [0.5, 0.6) is 0 Å². The van der Waals surface area contributed by atoms with E-state index in [0.717, 1.165) is 6.26 Å². The first-order chi connectivity index (χ1) is 20.2. The molecule has 16 heteroatoms. The van der Waals surface area contributed by atoms with Gasteiger partial charge in [0.25, 0.3) is 5.91 Å². The number of ether oxygens (including phenoxy) is 1. The Kier molecular flexibility index (Phi) is 15.2. The summed E-state index contributed by atoms with van der Waals surface area (Å²) in [5.41, 5.74) is 3.00. The van der Waals surface area contributed by atoms with Gasteiger partial charge in [0.15, 0.2) is 5.89 Å². The van der Waals surface area contributed by atoms with E-state index < -0.39 is 63.6 Å². The van der Waals surface area contributed by atoms with Crippen LogP contribution in [0.25, 0.3) is 0 Å². The van der Waals surface area contributed by atoms with Gasteiger partial charge in [-0.05, 0) is 31.6 Å². The van der Waals surface area contributed by atoms with Gasteiger partial charge in [0.2, 0.25) is 11.8 Å². The van der Waals surface area contributed by atoms with E-state index in [2.05, 4.69) is 26.4 Å². The highest BCUT2D eigenvalue weighted by Crippen LogP contribution is 2.17. The van der Waals surface area contributed by atoms with E-state index >= 15 is 0 Å². The number of carbonyl (C=O) groups is 4. The van der Waals surface area contributed by atoms with Crippen LogP contribution in [0, 0.1) is 31.6 Å². The molecule has 1 rings (SSSR count). The summed E-state index contributed by atoms with van der Waals surface area (Å²) in [5.74, 6) is -2.52. The Balaban J connectivity index is 2.99. The number of alkyl carbamates (subject to hydrolysis) is 1. The Morgan fingerprint density at radius 3 is 2.05 bits per heavy atom. The molecule has 44 heavy (non-hydrogen) atoms. The summed E-state index contributed by atoms with van der Waals surface area (Å²) >= 11 is 0. The fraction of sp³-hybridized carbons (Fsp3) is 0.750. The summed E-state index contributed by atoms with van der Waals surface area (Å²) in [5, 5.41) is 20.2. The highest BCUT2D eigenvalue weighted by Gasteiger charge is 2.33. The lowest BCUT2D eigenvalue weighted by molar-refractivity contribution is -0.134. The Labute approximate surface area is 260 Å². The number of rotatable bonds is 17. The molecule has 15 nitrogen and oxygen atoms in total. The molecular weight excluding hydrogens is 596 g/mol. The lowest BCUT2D eigenvalue weighted by atomic mass is 9.92. The van der Waals surface area contributed by atoms with Gasteiger partial charge in [0.1, 0.15) is 40.0 Å². The maximum absolute atomic E-state index is 13.3.